The summed E-state index contributed by atoms with van der Waals surface area (Å²) in [6, 6.07) is 20.8. The second kappa shape index (κ2) is 9.58. The van der Waals surface area contributed by atoms with E-state index < -0.39 is 19.2 Å². The number of benzene rings is 3. The fraction of sp³-hybridized carbons (Fsp3) is 0.0909. The molecule has 0 atom stereocenters. The van der Waals surface area contributed by atoms with Gasteiger partial charge in [-0.15, -0.1) is 0 Å². The first-order valence-electron chi connectivity index (χ1n) is 8.68. The number of alkyl halides is 6. The molecule has 0 aliphatic rings. The zero-order valence-corrected chi connectivity index (χ0v) is 20.0. The van der Waals surface area contributed by atoms with Crippen molar-refractivity contribution in [2.75, 3.05) is 0 Å². The van der Waals surface area contributed by atoms with E-state index in [-0.39, 0.29) is 16.9 Å². The smallest absolute Gasteiger partial charge is 0.253 e. The molecule has 3 nitrogen and oxygen atoms in total. The van der Waals surface area contributed by atoms with E-state index in [1.54, 1.807) is 12.1 Å². The SMILES string of the molecule is O=C(c1cccc(Oc2ccccc2-c2ccccc2)c1C(=O)C(Cl)(Cl)Cl)C(Cl)(Cl)Cl. The number of carbonyl (C=O) groups excluding carboxylic acids is 2. The Kier molecular flexibility index (Phi) is 7.47. The molecule has 0 aromatic heterocycles. The summed E-state index contributed by atoms with van der Waals surface area (Å²) in [5.41, 5.74) is 1.07. The maximum Gasteiger partial charge on any atom is 0.253 e. The standard InChI is InChI=1S/C22H12Cl6O3/c23-21(24,25)19(29)15-10-6-12-17(18(15)20(30)22(26,27)28)31-16-11-5-4-9-14(16)13-7-2-1-3-8-13/h1-12H. The van der Waals surface area contributed by atoms with Gasteiger partial charge in [0, 0.05) is 11.1 Å². The topological polar surface area (TPSA) is 43.4 Å². The third-order valence-electron chi connectivity index (χ3n) is 4.20. The number of ketones is 2. The van der Waals surface area contributed by atoms with Crippen LogP contribution in [0.2, 0.25) is 0 Å². The minimum Gasteiger partial charge on any atom is -0.456 e. The predicted octanol–water partition coefficient (Wildman–Crippen LogP) is 8.25. The summed E-state index contributed by atoms with van der Waals surface area (Å²) in [6.45, 7) is 0. The normalized spacial score (nSPS) is 11.8. The molecule has 3 aromatic rings. The van der Waals surface area contributed by atoms with Gasteiger partial charge in [0.2, 0.25) is 11.6 Å². The summed E-state index contributed by atoms with van der Waals surface area (Å²) in [5, 5.41) is 0. The van der Waals surface area contributed by atoms with E-state index in [1.165, 1.54) is 18.2 Å². The molecule has 0 amide bonds. The van der Waals surface area contributed by atoms with Crippen molar-refractivity contribution in [1.29, 1.82) is 0 Å². The van der Waals surface area contributed by atoms with Crippen molar-refractivity contribution in [1.82, 2.24) is 0 Å². The summed E-state index contributed by atoms with van der Waals surface area (Å²) < 4.78 is 1.33. The van der Waals surface area contributed by atoms with Crippen molar-refractivity contribution >= 4 is 81.2 Å². The van der Waals surface area contributed by atoms with Crippen molar-refractivity contribution in [2.45, 2.75) is 7.59 Å². The lowest BCUT2D eigenvalue weighted by Crippen LogP contribution is -2.26. The number of halogens is 6. The van der Waals surface area contributed by atoms with Crippen LogP contribution >= 0.6 is 69.6 Å². The number of hydrogen-bond acceptors (Lipinski definition) is 3. The molecule has 0 N–H and O–H groups in total. The van der Waals surface area contributed by atoms with E-state index in [0.717, 1.165) is 11.1 Å². The lowest BCUT2D eigenvalue weighted by atomic mass is 9.99. The lowest BCUT2D eigenvalue weighted by Gasteiger charge is -2.20. The number of rotatable bonds is 5. The number of para-hydroxylation sites is 1. The molecule has 3 aromatic carbocycles. The van der Waals surface area contributed by atoms with Gasteiger partial charge in [-0.25, -0.2) is 0 Å². The molecule has 0 unspecified atom stereocenters. The van der Waals surface area contributed by atoms with Gasteiger partial charge in [-0.05, 0) is 17.7 Å². The van der Waals surface area contributed by atoms with Crippen molar-refractivity contribution in [2.24, 2.45) is 0 Å². The molecule has 0 spiro atoms. The van der Waals surface area contributed by atoms with E-state index in [1.807, 2.05) is 42.5 Å². The van der Waals surface area contributed by atoms with E-state index >= 15 is 0 Å². The number of Topliss-reactive ketones (excluding diaryl/α,β-unsaturated/α-hetero) is 2. The summed E-state index contributed by atoms with van der Waals surface area (Å²) in [5.74, 6) is -1.58. The van der Waals surface area contributed by atoms with Gasteiger partial charge < -0.3 is 4.74 Å². The summed E-state index contributed by atoms with van der Waals surface area (Å²) in [6.07, 6.45) is 0. The number of ether oxygens (including phenoxy) is 1. The third-order valence-corrected chi connectivity index (χ3v) is 5.23. The third kappa shape index (κ3) is 5.67. The first-order chi connectivity index (χ1) is 14.5. The van der Waals surface area contributed by atoms with Crippen LogP contribution in [0.3, 0.4) is 0 Å². The summed E-state index contributed by atoms with van der Waals surface area (Å²) in [7, 11) is 0. The molecule has 3 rings (SSSR count). The van der Waals surface area contributed by atoms with Crippen molar-refractivity contribution in [3.63, 3.8) is 0 Å². The zero-order valence-electron chi connectivity index (χ0n) is 15.4. The van der Waals surface area contributed by atoms with Gasteiger partial charge in [0.15, 0.2) is 0 Å². The Labute approximate surface area is 208 Å². The van der Waals surface area contributed by atoms with E-state index in [2.05, 4.69) is 0 Å². The van der Waals surface area contributed by atoms with Crippen molar-refractivity contribution < 1.29 is 14.3 Å². The Bertz CT molecular complexity index is 1120. The molecule has 160 valence electrons. The fourth-order valence-corrected chi connectivity index (χ4v) is 3.45. The van der Waals surface area contributed by atoms with Crippen LogP contribution in [0.5, 0.6) is 11.5 Å². The minimum absolute atomic E-state index is 0.0280. The molecule has 0 aliphatic carbocycles. The molecule has 0 saturated carbocycles. The highest BCUT2D eigenvalue weighted by molar-refractivity contribution is 6.79. The molecule has 0 heterocycles. The summed E-state index contributed by atoms with van der Waals surface area (Å²) in [4.78, 5) is 25.6. The Hall–Kier alpha value is -1.46. The van der Waals surface area contributed by atoms with Gasteiger partial charge in [-0.1, -0.05) is 130 Å². The average molecular weight is 537 g/mol. The van der Waals surface area contributed by atoms with Gasteiger partial charge >= 0.3 is 0 Å². The largest absolute Gasteiger partial charge is 0.456 e. The second-order valence-corrected chi connectivity index (χ2v) is 10.9. The van der Waals surface area contributed by atoms with E-state index in [4.69, 9.17) is 74.3 Å². The predicted molar refractivity (Wildman–Crippen MR) is 128 cm³/mol. The van der Waals surface area contributed by atoms with E-state index in [9.17, 15) is 9.59 Å². The molecule has 0 aliphatic heterocycles. The van der Waals surface area contributed by atoms with Crippen LogP contribution in [0, 0.1) is 0 Å². The number of hydrogen-bond donors (Lipinski definition) is 0. The maximum atomic E-state index is 12.9. The highest BCUT2D eigenvalue weighted by Crippen LogP contribution is 2.41. The van der Waals surface area contributed by atoms with Crippen LogP contribution in [0.25, 0.3) is 11.1 Å². The molecule has 31 heavy (non-hydrogen) atoms. The molecular weight excluding hydrogens is 525 g/mol. The first-order valence-corrected chi connectivity index (χ1v) is 11.0. The lowest BCUT2D eigenvalue weighted by molar-refractivity contribution is 0.0962. The molecule has 0 radical (unpaired) electrons. The fourth-order valence-electron chi connectivity index (χ4n) is 2.86. The average Bonchev–Trinajstić information content (AvgIpc) is 2.72. The molecule has 9 heteroatoms. The van der Waals surface area contributed by atoms with Crippen LogP contribution in [0.1, 0.15) is 20.7 Å². The monoisotopic (exact) mass is 534 g/mol. The Morgan fingerprint density at radius 3 is 1.77 bits per heavy atom. The van der Waals surface area contributed by atoms with Crippen molar-refractivity contribution in [3.8, 4) is 22.6 Å². The Balaban J connectivity index is 2.18. The maximum absolute atomic E-state index is 12.9. The first kappa shape index (κ1) is 24.2. The van der Waals surface area contributed by atoms with Crippen LogP contribution in [-0.4, -0.2) is 19.2 Å². The Morgan fingerprint density at radius 2 is 1.16 bits per heavy atom. The number of carbonyl (C=O) groups is 2. The molecule has 0 fully saturated rings. The van der Waals surface area contributed by atoms with Crippen LogP contribution in [0.15, 0.2) is 72.8 Å². The van der Waals surface area contributed by atoms with Crippen LogP contribution < -0.4 is 4.74 Å². The van der Waals surface area contributed by atoms with Gasteiger partial charge in [0.25, 0.3) is 7.59 Å². The Morgan fingerprint density at radius 1 is 0.613 bits per heavy atom. The quantitative estimate of drug-likeness (QED) is 0.243. The summed E-state index contributed by atoms with van der Waals surface area (Å²) >= 11 is 34.8. The van der Waals surface area contributed by atoms with Crippen molar-refractivity contribution in [3.05, 3.63) is 83.9 Å². The molecule has 0 saturated heterocycles. The van der Waals surface area contributed by atoms with Crippen LogP contribution in [0.4, 0.5) is 0 Å². The second-order valence-electron chi connectivity index (χ2n) is 6.30. The highest BCUT2D eigenvalue weighted by Gasteiger charge is 2.40. The van der Waals surface area contributed by atoms with Gasteiger partial charge in [-0.3, -0.25) is 9.59 Å². The van der Waals surface area contributed by atoms with Gasteiger partial charge in [-0.2, -0.15) is 0 Å². The minimum atomic E-state index is -2.37. The zero-order chi connectivity index (χ0) is 22.8. The van der Waals surface area contributed by atoms with Gasteiger partial charge in [0.1, 0.15) is 11.5 Å². The molecule has 0 bridgehead atoms. The highest BCUT2D eigenvalue weighted by atomic mass is 35.6. The molecular formula is C22H12Cl6O3. The van der Waals surface area contributed by atoms with Gasteiger partial charge in [0.05, 0.1) is 5.56 Å². The van der Waals surface area contributed by atoms with E-state index in [0.29, 0.717) is 5.75 Å². The van der Waals surface area contributed by atoms with Crippen LogP contribution in [-0.2, 0) is 0 Å².